The van der Waals surface area contributed by atoms with Gasteiger partial charge in [-0.3, -0.25) is 0 Å². The first-order chi connectivity index (χ1) is 25.1. The van der Waals surface area contributed by atoms with Crippen molar-refractivity contribution in [3.63, 3.8) is 0 Å². The lowest BCUT2D eigenvalue weighted by Crippen LogP contribution is -2.67. The number of rotatable bonds is 3. The van der Waals surface area contributed by atoms with Crippen molar-refractivity contribution in [1.29, 1.82) is 0 Å². The maximum absolute atomic E-state index is 7.23. The number of aryl methyl sites for hydroxylation is 1. The van der Waals surface area contributed by atoms with E-state index in [1.54, 1.807) is 0 Å². The number of nitrogens with zero attached hydrogens (tertiary/aromatic N) is 1. The summed E-state index contributed by atoms with van der Waals surface area (Å²) in [5.74, 6) is 1.95. The van der Waals surface area contributed by atoms with Crippen LogP contribution in [0.15, 0.2) is 121 Å². The van der Waals surface area contributed by atoms with E-state index in [0.717, 1.165) is 11.5 Å². The maximum Gasteiger partial charge on any atom is 0.257 e. The van der Waals surface area contributed by atoms with E-state index in [0.29, 0.717) is 0 Å². The van der Waals surface area contributed by atoms with Gasteiger partial charge < -0.3 is 9.64 Å². The molecule has 9 rings (SSSR count). The highest BCUT2D eigenvalue weighted by Crippen LogP contribution is 2.53. The highest BCUT2D eigenvalue weighted by atomic mass is 16.5. The summed E-state index contributed by atoms with van der Waals surface area (Å²) >= 11 is 0. The molecular weight excluding hydrogens is 641 g/mol. The second kappa shape index (κ2) is 11.2. The Labute approximate surface area is 317 Å². The first kappa shape index (κ1) is 33.8. The number of anilines is 3. The van der Waals surface area contributed by atoms with E-state index >= 15 is 0 Å². The van der Waals surface area contributed by atoms with Gasteiger partial charge in [-0.1, -0.05) is 147 Å². The summed E-state index contributed by atoms with van der Waals surface area (Å²) in [6, 6.07) is 46.4. The van der Waals surface area contributed by atoms with E-state index in [4.69, 9.17) is 4.74 Å². The van der Waals surface area contributed by atoms with Crippen LogP contribution in [0, 0.1) is 6.92 Å². The number of ether oxygens (including phenoxy) is 1. The van der Waals surface area contributed by atoms with Gasteiger partial charge in [0, 0.05) is 17.1 Å². The lowest BCUT2D eigenvalue weighted by molar-refractivity contribution is 0.480. The minimum atomic E-state index is -0.597. The summed E-state index contributed by atoms with van der Waals surface area (Å²) in [5, 5.41) is 0. The highest BCUT2D eigenvalue weighted by molar-refractivity contribution is 7.00. The average molecular weight is 692 g/mol. The highest BCUT2D eigenvalue weighted by Gasteiger charge is 2.55. The van der Waals surface area contributed by atoms with E-state index in [2.05, 4.69) is 195 Å². The molecule has 0 aromatic heterocycles. The third-order valence-electron chi connectivity index (χ3n) is 12.1. The Bertz CT molecular complexity index is 2380. The average Bonchev–Trinajstić information content (AvgIpc) is 3.11. The van der Waals surface area contributed by atoms with Crippen LogP contribution < -0.4 is 26.0 Å². The van der Waals surface area contributed by atoms with Gasteiger partial charge in [0.1, 0.15) is 11.5 Å². The molecule has 0 aliphatic carbocycles. The Kier molecular flexibility index (Phi) is 7.17. The fourth-order valence-corrected chi connectivity index (χ4v) is 9.31. The van der Waals surface area contributed by atoms with Crippen LogP contribution in [-0.2, 0) is 21.7 Å². The summed E-state index contributed by atoms with van der Waals surface area (Å²) < 4.78 is 7.23. The minimum absolute atomic E-state index is 0.0260. The second-order valence-electron chi connectivity index (χ2n) is 18.7. The van der Waals surface area contributed by atoms with Gasteiger partial charge >= 0.3 is 0 Å². The molecule has 0 bridgehead atoms. The maximum atomic E-state index is 7.23. The smallest absolute Gasteiger partial charge is 0.257 e. The molecule has 0 saturated heterocycles. The molecule has 0 spiro atoms. The van der Waals surface area contributed by atoms with Gasteiger partial charge in [0.05, 0.1) is 5.41 Å². The predicted molar refractivity (Wildman–Crippen MR) is 225 cm³/mol. The Morgan fingerprint density at radius 3 is 1.53 bits per heavy atom. The van der Waals surface area contributed by atoms with E-state index in [9.17, 15) is 0 Å². The van der Waals surface area contributed by atoms with Crippen molar-refractivity contribution in [3.8, 4) is 11.5 Å². The second-order valence-corrected chi connectivity index (χ2v) is 18.7. The van der Waals surface area contributed by atoms with Gasteiger partial charge in [-0.15, -0.1) is 0 Å². The normalized spacial score (nSPS) is 15.2. The molecular formula is C50H50BNO. The van der Waals surface area contributed by atoms with Crippen molar-refractivity contribution in [1.82, 2.24) is 0 Å². The summed E-state index contributed by atoms with van der Waals surface area (Å²) in [6.45, 7) is 23.1. The Hall–Kier alpha value is -5.02. The van der Waals surface area contributed by atoms with Crippen LogP contribution >= 0.6 is 0 Å². The number of benzene rings is 6. The topological polar surface area (TPSA) is 12.5 Å². The summed E-state index contributed by atoms with van der Waals surface area (Å²) in [4.78, 5) is 2.55. The molecule has 3 aliphatic rings. The summed E-state index contributed by atoms with van der Waals surface area (Å²) in [7, 11) is 0. The van der Waals surface area contributed by atoms with E-state index in [1.807, 2.05) is 0 Å². The Balaban J connectivity index is 1.51. The van der Waals surface area contributed by atoms with Crippen LogP contribution in [0.1, 0.15) is 107 Å². The SMILES string of the molecule is Cc1cc2c3c(c1)N(c1ccc(C(C)(C)C)cc1)c1cc(C(C)(C)C)cc4c1B3c1c(cc(C(C)(C)C)cc1C4(c1ccccc1)c1ccccc1)O2. The van der Waals surface area contributed by atoms with Crippen molar-refractivity contribution in [2.75, 3.05) is 4.90 Å². The Morgan fingerprint density at radius 1 is 0.491 bits per heavy atom. The molecule has 0 fully saturated rings. The fourth-order valence-electron chi connectivity index (χ4n) is 9.31. The molecule has 6 aromatic rings. The first-order valence-electron chi connectivity index (χ1n) is 19.3. The zero-order valence-corrected chi connectivity index (χ0v) is 33.0. The van der Waals surface area contributed by atoms with Crippen molar-refractivity contribution in [3.05, 3.63) is 166 Å². The Morgan fingerprint density at radius 2 is 0.981 bits per heavy atom. The summed E-state index contributed by atoms with van der Waals surface area (Å²) in [5.41, 5.74) is 17.2. The molecule has 3 heteroatoms. The summed E-state index contributed by atoms with van der Waals surface area (Å²) in [6.07, 6.45) is 0. The lowest BCUT2D eigenvalue weighted by Gasteiger charge is -2.51. The van der Waals surface area contributed by atoms with Crippen molar-refractivity contribution in [2.24, 2.45) is 0 Å². The molecule has 0 unspecified atom stereocenters. The van der Waals surface area contributed by atoms with Gasteiger partial charge in [-0.25, -0.2) is 0 Å². The third kappa shape index (κ3) is 4.92. The fraction of sp³-hybridized carbons (Fsp3) is 0.280. The zero-order chi connectivity index (χ0) is 37.2. The third-order valence-corrected chi connectivity index (χ3v) is 12.1. The van der Waals surface area contributed by atoms with E-state index < -0.39 is 5.41 Å². The molecule has 53 heavy (non-hydrogen) atoms. The molecule has 0 amide bonds. The minimum Gasteiger partial charge on any atom is -0.458 e. The van der Waals surface area contributed by atoms with Gasteiger partial charge in [0.25, 0.3) is 6.71 Å². The van der Waals surface area contributed by atoms with Gasteiger partial charge in [0.2, 0.25) is 0 Å². The molecule has 6 aromatic carbocycles. The van der Waals surface area contributed by atoms with Crippen molar-refractivity contribution < 1.29 is 4.74 Å². The number of hydrogen-bond donors (Lipinski definition) is 0. The van der Waals surface area contributed by atoms with Crippen LogP contribution in [0.3, 0.4) is 0 Å². The molecule has 0 N–H and O–H groups in total. The largest absolute Gasteiger partial charge is 0.458 e. The molecule has 3 heterocycles. The van der Waals surface area contributed by atoms with Crippen molar-refractivity contribution in [2.45, 2.75) is 90.9 Å². The van der Waals surface area contributed by atoms with Crippen LogP contribution in [0.4, 0.5) is 17.1 Å². The number of hydrogen-bond acceptors (Lipinski definition) is 2. The van der Waals surface area contributed by atoms with Gasteiger partial charge in [-0.2, -0.15) is 0 Å². The molecule has 264 valence electrons. The van der Waals surface area contributed by atoms with E-state index in [-0.39, 0.29) is 23.0 Å². The van der Waals surface area contributed by atoms with Crippen LogP contribution in [0.5, 0.6) is 11.5 Å². The predicted octanol–water partition coefficient (Wildman–Crippen LogP) is 11.0. The molecule has 0 atom stereocenters. The van der Waals surface area contributed by atoms with Crippen LogP contribution in [-0.4, -0.2) is 6.71 Å². The quantitative estimate of drug-likeness (QED) is 0.171. The first-order valence-corrected chi connectivity index (χ1v) is 19.3. The van der Waals surface area contributed by atoms with Gasteiger partial charge in [0.15, 0.2) is 0 Å². The van der Waals surface area contributed by atoms with Gasteiger partial charge in [-0.05, 0) is 120 Å². The zero-order valence-electron chi connectivity index (χ0n) is 33.0. The lowest BCUT2D eigenvalue weighted by atomic mass is 9.28. The standard InChI is InChI=1S/C50H50BNO/c1-31-25-40-46-42(26-31)53-43-30-36(49(8,9)10)28-39-45(43)51(46)44-38(50(39,33-17-13-11-14-18-33)34-19-15-12-16-20-34)27-35(48(5,6)7)29-41(44)52(40)37-23-21-32(22-24-37)47(2,3)4/h11-30H,1-10H3. The molecule has 0 saturated carbocycles. The van der Waals surface area contributed by atoms with Crippen LogP contribution in [0.25, 0.3) is 0 Å². The monoisotopic (exact) mass is 691 g/mol. The molecule has 3 aliphatic heterocycles. The molecule has 0 radical (unpaired) electrons. The van der Waals surface area contributed by atoms with Crippen molar-refractivity contribution >= 4 is 40.2 Å². The van der Waals surface area contributed by atoms with Crippen LogP contribution in [0.2, 0.25) is 0 Å². The van der Waals surface area contributed by atoms with E-state index in [1.165, 1.54) is 78.0 Å². The molecule has 2 nitrogen and oxygen atoms in total.